The molecule has 0 unspecified atom stereocenters. The van der Waals surface area contributed by atoms with Crippen molar-refractivity contribution in [1.82, 2.24) is 19.2 Å². The minimum absolute atomic E-state index is 0.0221. The number of para-hydroxylation sites is 1. The number of hydrogen-bond acceptors (Lipinski definition) is 6. The SMILES string of the molecule is CCCN(Cn1nc(-c2cccs2)n(-c2ccccc2)c1=S)[C@H]1CCS(=O)(=O)C1. The second-order valence-electron chi connectivity index (χ2n) is 7.26. The second kappa shape index (κ2) is 8.51. The maximum atomic E-state index is 12.0. The van der Waals surface area contributed by atoms with Crippen molar-refractivity contribution in [1.29, 1.82) is 0 Å². The molecule has 0 bridgehead atoms. The molecule has 29 heavy (non-hydrogen) atoms. The highest BCUT2D eigenvalue weighted by atomic mass is 32.2. The molecule has 0 aliphatic carbocycles. The summed E-state index contributed by atoms with van der Waals surface area (Å²) in [6.45, 7) is 3.41. The van der Waals surface area contributed by atoms with Gasteiger partial charge in [-0.15, -0.1) is 16.4 Å². The van der Waals surface area contributed by atoms with Gasteiger partial charge in [-0.05, 0) is 55.2 Å². The van der Waals surface area contributed by atoms with Gasteiger partial charge >= 0.3 is 0 Å². The Bertz CT molecular complexity index is 1120. The smallest absolute Gasteiger partial charge is 0.204 e. The van der Waals surface area contributed by atoms with Crippen LogP contribution in [0, 0.1) is 4.77 Å². The molecule has 3 heterocycles. The van der Waals surface area contributed by atoms with Crippen LogP contribution < -0.4 is 0 Å². The number of nitrogens with zero attached hydrogens (tertiary/aromatic N) is 4. The summed E-state index contributed by atoms with van der Waals surface area (Å²) >= 11 is 7.44. The summed E-state index contributed by atoms with van der Waals surface area (Å²) < 4.78 is 28.4. The Balaban J connectivity index is 1.73. The van der Waals surface area contributed by atoms with Crippen molar-refractivity contribution in [3.63, 3.8) is 0 Å². The molecule has 154 valence electrons. The molecule has 0 saturated carbocycles. The molecule has 6 nitrogen and oxygen atoms in total. The normalized spacial score (nSPS) is 18.5. The van der Waals surface area contributed by atoms with Crippen LogP contribution >= 0.6 is 23.6 Å². The van der Waals surface area contributed by atoms with Crippen molar-refractivity contribution >= 4 is 33.4 Å². The summed E-state index contributed by atoms with van der Waals surface area (Å²) in [5, 5.41) is 6.88. The van der Waals surface area contributed by atoms with Gasteiger partial charge in [0.05, 0.1) is 23.1 Å². The molecule has 1 saturated heterocycles. The summed E-state index contributed by atoms with van der Waals surface area (Å²) in [7, 11) is -2.94. The van der Waals surface area contributed by atoms with Gasteiger partial charge in [-0.3, -0.25) is 9.47 Å². The lowest BCUT2D eigenvalue weighted by Crippen LogP contribution is -2.38. The molecule has 3 aromatic rings. The zero-order chi connectivity index (χ0) is 20.4. The number of rotatable bonds is 7. The summed E-state index contributed by atoms with van der Waals surface area (Å²) in [5.41, 5.74) is 0.970. The van der Waals surface area contributed by atoms with Gasteiger partial charge in [0.15, 0.2) is 15.7 Å². The summed E-state index contributed by atoms with van der Waals surface area (Å²) in [6, 6.07) is 14.1. The number of benzene rings is 1. The number of aromatic nitrogens is 3. The van der Waals surface area contributed by atoms with Crippen LogP contribution in [0.2, 0.25) is 0 Å². The lowest BCUT2D eigenvalue weighted by molar-refractivity contribution is 0.155. The minimum atomic E-state index is -2.94. The fourth-order valence-electron chi connectivity index (χ4n) is 3.77. The Morgan fingerprint density at radius 1 is 1.24 bits per heavy atom. The topological polar surface area (TPSA) is 60.1 Å². The van der Waals surface area contributed by atoms with Crippen molar-refractivity contribution in [3.8, 4) is 16.4 Å². The zero-order valence-electron chi connectivity index (χ0n) is 16.3. The van der Waals surface area contributed by atoms with Crippen molar-refractivity contribution in [2.24, 2.45) is 0 Å². The van der Waals surface area contributed by atoms with E-state index in [0.29, 0.717) is 17.9 Å². The maximum absolute atomic E-state index is 12.0. The molecule has 0 N–H and O–H groups in total. The van der Waals surface area contributed by atoms with Crippen molar-refractivity contribution in [3.05, 3.63) is 52.6 Å². The van der Waals surface area contributed by atoms with E-state index in [0.717, 1.165) is 29.4 Å². The van der Waals surface area contributed by atoms with Crippen molar-refractivity contribution in [2.45, 2.75) is 32.5 Å². The average molecular weight is 449 g/mol. The second-order valence-corrected chi connectivity index (χ2v) is 10.8. The lowest BCUT2D eigenvalue weighted by atomic mass is 10.2. The van der Waals surface area contributed by atoms with Crippen LogP contribution in [-0.2, 0) is 16.5 Å². The van der Waals surface area contributed by atoms with Gasteiger partial charge in [0, 0.05) is 11.7 Å². The molecule has 9 heteroatoms. The third-order valence-electron chi connectivity index (χ3n) is 5.15. The largest absolute Gasteiger partial charge is 0.280 e. The van der Waals surface area contributed by atoms with Crippen LogP contribution in [0.1, 0.15) is 19.8 Å². The highest BCUT2D eigenvalue weighted by Gasteiger charge is 2.32. The van der Waals surface area contributed by atoms with E-state index in [1.54, 1.807) is 11.3 Å². The Kier molecular flexibility index (Phi) is 6.00. The predicted molar refractivity (Wildman–Crippen MR) is 120 cm³/mol. The highest BCUT2D eigenvalue weighted by Crippen LogP contribution is 2.27. The van der Waals surface area contributed by atoms with Gasteiger partial charge in [-0.1, -0.05) is 31.2 Å². The standard InChI is InChI=1S/C20H24N4O2S3/c1-2-11-22(17-10-13-29(25,26)14-17)15-23-20(27)24(16-7-4-3-5-8-16)19(21-23)18-9-6-12-28-18/h3-9,12,17H,2,10-11,13-15H2,1H3/t17-/m0/s1. The molecule has 1 aliphatic rings. The average Bonchev–Trinajstić information content (AvgIpc) is 3.42. The van der Waals surface area contributed by atoms with Crippen LogP contribution in [0.15, 0.2) is 47.8 Å². The fourth-order valence-corrected chi connectivity index (χ4v) is 6.52. The van der Waals surface area contributed by atoms with E-state index >= 15 is 0 Å². The first-order valence-corrected chi connectivity index (χ1v) is 12.8. The summed E-state index contributed by atoms with van der Waals surface area (Å²) in [5.74, 6) is 1.30. The number of thiophene rings is 1. The summed E-state index contributed by atoms with van der Waals surface area (Å²) in [4.78, 5) is 3.25. The first-order valence-electron chi connectivity index (χ1n) is 9.72. The Labute approximate surface area is 180 Å². The number of hydrogen-bond donors (Lipinski definition) is 0. The van der Waals surface area contributed by atoms with E-state index in [9.17, 15) is 8.42 Å². The van der Waals surface area contributed by atoms with Gasteiger partial charge in [0.25, 0.3) is 0 Å². The minimum Gasteiger partial charge on any atom is -0.280 e. The van der Waals surface area contributed by atoms with Crippen LogP contribution in [0.5, 0.6) is 0 Å². The molecule has 0 amide bonds. The van der Waals surface area contributed by atoms with E-state index in [1.807, 2.05) is 57.1 Å². The van der Waals surface area contributed by atoms with Gasteiger partial charge < -0.3 is 0 Å². The first kappa shape index (κ1) is 20.5. The molecule has 0 radical (unpaired) electrons. The Morgan fingerprint density at radius 3 is 2.66 bits per heavy atom. The van der Waals surface area contributed by atoms with Crippen LogP contribution in [0.4, 0.5) is 0 Å². The lowest BCUT2D eigenvalue weighted by Gasteiger charge is -2.27. The molecule has 1 atom stereocenters. The van der Waals surface area contributed by atoms with E-state index in [4.69, 9.17) is 17.3 Å². The third kappa shape index (κ3) is 4.37. The van der Waals surface area contributed by atoms with E-state index in [2.05, 4.69) is 11.8 Å². The van der Waals surface area contributed by atoms with Crippen LogP contribution in [-0.4, -0.2) is 51.8 Å². The monoisotopic (exact) mass is 448 g/mol. The molecule has 2 aromatic heterocycles. The van der Waals surface area contributed by atoms with Crippen molar-refractivity contribution in [2.75, 3.05) is 18.1 Å². The molecular weight excluding hydrogens is 424 g/mol. The highest BCUT2D eigenvalue weighted by molar-refractivity contribution is 7.91. The molecule has 4 rings (SSSR count). The van der Waals surface area contributed by atoms with E-state index < -0.39 is 9.84 Å². The first-order chi connectivity index (χ1) is 14.0. The van der Waals surface area contributed by atoms with Gasteiger partial charge in [0.2, 0.25) is 4.77 Å². The number of sulfone groups is 1. The molecule has 1 fully saturated rings. The molecular formula is C20H24N4O2S3. The maximum Gasteiger partial charge on any atom is 0.204 e. The predicted octanol–water partition coefficient (Wildman–Crippen LogP) is 3.99. The Hall–Kier alpha value is -1.81. The van der Waals surface area contributed by atoms with E-state index in [1.165, 1.54) is 0 Å². The zero-order valence-corrected chi connectivity index (χ0v) is 18.7. The molecule has 0 spiro atoms. The quantitative estimate of drug-likeness (QED) is 0.512. The van der Waals surface area contributed by atoms with Crippen LogP contribution in [0.3, 0.4) is 0 Å². The van der Waals surface area contributed by atoms with Gasteiger partial charge in [-0.25, -0.2) is 13.1 Å². The third-order valence-corrected chi connectivity index (χ3v) is 8.16. The van der Waals surface area contributed by atoms with Gasteiger partial charge in [-0.2, -0.15) is 0 Å². The van der Waals surface area contributed by atoms with Gasteiger partial charge in [0.1, 0.15) is 0 Å². The molecule has 1 aromatic carbocycles. The van der Waals surface area contributed by atoms with Crippen molar-refractivity contribution < 1.29 is 8.42 Å². The van der Waals surface area contributed by atoms with Crippen LogP contribution in [0.25, 0.3) is 16.4 Å². The summed E-state index contributed by atoms with van der Waals surface area (Å²) in [6.07, 6.45) is 1.62. The fraction of sp³-hybridized carbons (Fsp3) is 0.400. The van der Waals surface area contributed by atoms with E-state index in [-0.39, 0.29) is 17.5 Å². The molecule has 1 aliphatic heterocycles. The Morgan fingerprint density at radius 2 is 2.03 bits per heavy atom.